The van der Waals surface area contributed by atoms with E-state index in [0.29, 0.717) is 23.8 Å². The molecule has 0 aliphatic carbocycles. The molecule has 0 atom stereocenters. The zero-order chi connectivity index (χ0) is 20.1. The lowest BCUT2D eigenvalue weighted by Gasteiger charge is -2.31. The summed E-state index contributed by atoms with van der Waals surface area (Å²) in [7, 11) is 0. The van der Waals surface area contributed by atoms with Crippen molar-refractivity contribution < 1.29 is 4.79 Å². The number of carbonyl (C=O) groups is 1. The Morgan fingerprint density at radius 3 is 2.64 bits per heavy atom. The largest absolute Gasteiger partial charge is 0.351 e. The van der Waals surface area contributed by atoms with Crippen LogP contribution in [-0.4, -0.2) is 47.0 Å². The van der Waals surface area contributed by atoms with Crippen molar-refractivity contribution in [3.8, 4) is 6.19 Å². The lowest BCUT2D eigenvalue weighted by Crippen LogP contribution is -2.43. The molecule has 1 fully saturated rings. The Balaban J connectivity index is 1.73. The highest BCUT2D eigenvalue weighted by Gasteiger charge is 2.18. The number of amides is 2. The lowest BCUT2D eigenvalue weighted by molar-refractivity contribution is 0.167. The van der Waals surface area contributed by atoms with Crippen molar-refractivity contribution in [2.75, 3.05) is 31.1 Å². The monoisotopic (exact) mass is 398 g/mol. The molecule has 1 aromatic heterocycles. The van der Waals surface area contributed by atoms with Crippen molar-refractivity contribution in [3.63, 3.8) is 0 Å². The third kappa shape index (κ3) is 4.91. The van der Waals surface area contributed by atoms with E-state index in [1.807, 2.05) is 37.3 Å². The summed E-state index contributed by atoms with van der Waals surface area (Å²) in [5.74, 6) is 0. The van der Waals surface area contributed by atoms with Gasteiger partial charge in [0, 0.05) is 43.4 Å². The highest BCUT2D eigenvalue weighted by molar-refractivity contribution is 6.31. The Bertz CT molecular complexity index is 871. The third-order valence-corrected chi connectivity index (χ3v) is 5.20. The van der Waals surface area contributed by atoms with Crippen molar-refractivity contribution in [2.24, 2.45) is 5.73 Å². The van der Waals surface area contributed by atoms with Crippen LogP contribution in [0.15, 0.2) is 36.5 Å². The predicted octanol–water partition coefficient (Wildman–Crippen LogP) is 2.73. The first-order chi connectivity index (χ1) is 13.5. The number of nitrogens with zero attached hydrogens (tertiary/aromatic N) is 5. The second kappa shape index (κ2) is 8.91. The number of pyridine rings is 1. The van der Waals surface area contributed by atoms with E-state index < -0.39 is 6.03 Å². The number of nitrogens with two attached hydrogens (primary N) is 1. The lowest BCUT2D eigenvalue weighted by atomic mass is 10.1. The van der Waals surface area contributed by atoms with E-state index in [1.54, 1.807) is 11.1 Å². The van der Waals surface area contributed by atoms with Crippen molar-refractivity contribution in [1.82, 2.24) is 14.8 Å². The molecule has 0 radical (unpaired) electrons. The maximum Gasteiger partial charge on any atom is 0.319 e. The van der Waals surface area contributed by atoms with Gasteiger partial charge in [-0.15, -0.1) is 0 Å². The van der Waals surface area contributed by atoms with E-state index in [0.717, 1.165) is 43.0 Å². The first-order valence-electron chi connectivity index (χ1n) is 9.10. The van der Waals surface area contributed by atoms with Gasteiger partial charge in [-0.3, -0.25) is 14.8 Å². The van der Waals surface area contributed by atoms with E-state index >= 15 is 0 Å². The minimum Gasteiger partial charge on any atom is -0.351 e. The molecule has 146 valence electrons. The summed E-state index contributed by atoms with van der Waals surface area (Å²) in [5.41, 5.74) is 9.06. The molecule has 0 unspecified atom stereocenters. The van der Waals surface area contributed by atoms with Gasteiger partial charge in [0.2, 0.25) is 0 Å². The number of aryl methyl sites for hydroxylation is 1. The van der Waals surface area contributed by atoms with Crippen LogP contribution < -0.4 is 10.6 Å². The number of aromatic nitrogens is 1. The highest BCUT2D eigenvalue weighted by Crippen LogP contribution is 2.23. The number of carbonyl (C=O) groups excluding carboxylic acids is 1. The Morgan fingerprint density at radius 1 is 1.29 bits per heavy atom. The van der Waals surface area contributed by atoms with Crippen LogP contribution in [0.25, 0.3) is 0 Å². The quantitative estimate of drug-likeness (QED) is 0.782. The zero-order valence-electron chi connectivity index (χ0n) is 15.8. The van der Waals surface area contributed by atoms with Gasteiger partial charge in [-0.25, -0.2) is 4.79 Å². The zero-order valence-corrected chi connectivity index (χ0v) is 16.6. The van der Waals surface area contributed by atoms with E-state index in [4.69, 9.17) is 22.6 Å². The molecule has 1 aliphatic heterocycles. The van der Waals surface area contributed by atoms with Gasteiger partial charge in [-0.2, -0.15) is 5.26 Å². The van der Waals surface area contributed by atoms with Gasteiger partial charge >= 0.3 is 6.03 Å². The molecule has 0 bridgehead atoms. The number of hydrogen-bond acceptors (Lipinski definition) is 5. The molecule has 1 saturated heterocycles. The van der Waals surface area contributed by atoms with Crippen molar-refractivity contribution >= 4 is 23.3 Å². The molecule has 0 saturated carbocycles. The van der Waals surface area contributed by atoms with Crippen LogP contribution in [-0.2, 0) is 13.1 Å². The smallest absolute Gasteiger partial charge is 0.319 e. The number of piperazine rings is 1. The summed E-state index contributed by atoms with van der Waals surface area (Å²) in [6, 6.07) is 8.91. The molecule has 1 aromatic carbocycles. The fourth-order valence-electron chi connectivity index (χ4n) is 3.19. The van der Waals surface area contributed by atoms with Crippen molar-refractivity contribution in [3.05, 3.63) is 58.4 Å². The second-order valence-corrected chi connectivity index (χ2v) is 7.28. The molecule has 2 heterocycles. The first kappa shape index (κ1) is 19.9. The van der Waals surface area contributed by atoms with Crippen LogP contribution in [0.1, 0.15) is 16.8 Å². The van der Waals surface area contributed by atoms with Crippen LogP contribution in [0.4, 0.5) is 10.5 Å². The number of primary amides is 1. The van der Waals surface area contributed by atoms with E-state index in [1.165, 1.54) is 4.90 Å². The van der Waals surface area contributed by atoms with E-state index in [9.17, 15) is 4.79 Å². The minimum absolute atomic E-state index is 0.340. The third-order valence-electron chi connectivity index (χ3n) is 4.83. The van der Waals surface area contributed by atoms with Gasteiger partial charge in [-0.05, 0) is 36.2 Å². The Morgan fingerprint density at radius 2 is 2.04 bits per heavy atom. The summed E-state index contributed by atoms with van der Waals surface area (Å²) < 4.78 is 0. The summed E-state index contributed by atoms with van der Waals surface area (Å²) in [6.07, 6.45) is 3.83. The van der Waals surface area contributed by atoms with Crippen molar-refractivity contribution in [2.45, 2.75) is 20.0 Å². The van der Waals surface area contributed by atoms with Crippen LogP contribution in [0.2, 0.25) is 5.02 Å². The molecule has 28 heavy (non-hydrogen) atoms. The molecule has 2 aromatic rings. The summed E-state index contributed by atoms with van der Waals surface area (Å²) in [4.78, 5) is 21.7. The summed E-state index contributed by atoms with van der Waals surface area (Å²) in [6.45, 7) is 6.02. The van der Waals surface area contributed by atoms with E-state index in [2.05, 4.69) is 16.1 Å². The summed E-state index contributed by atoms with van der Waals surface area (Å²) >= 11 is 6.40. The average molecular weight is 399 g/mol. The number of nitriles is 1. The molecule has 2 amide bonds. The number of rotatable bonds is 5. The molecular formula is C20H23ClN6O. The van der Waals surface area contributed by atoms with Gasteiger partial charge in [0.15, 0.2) is 6.19 Å². The number of halogens is 1. The molecule has 0 spiro atoms. The number of urea groups is 1. The Kier molecular flexibility index (Phi) is 6.34. The molecule has 1 aliphatic rings. The minimum atomic E-state index is -0.533. The molecule has 3 rings (SSSR count). The highest BCUT2D eigenvalue weighted by atomic mass is 35.5. The van der Waals surface area contributed by atoms with Gasteiger partial charge in [0.1, 0.15) is 0 Å². The van der Waals surface area contributed by atoms with Gasteiger partial charge in [-0.1, -0.05) is 23.7 Å². The number of hydrogen-bond donors (Lipinski definition) is 1. The maximum atomic E-state index is 12.0. The fraction of sp³-hybridized carbons (Fsp3) is 0.350. The SMILES string of the molecule is Cc1ccc(N(Cc2ccc(Cl)c(CN3CCN(C#N)CC3)c2)C(N)=O)cn1. The second-order valence-electron chi connectivity index (χ2n) is 6.87. The molecule has 2 N–H and O–H groups in total. The number of benzene rings is 1. The van der Waals surface area contributed by atoms with Gasteiger partial charge < -0.3 is 10.6 Å². The average Bonchev–Trinajstić information content (AvgIpc) is 2.69. The van der Waals surface area contributed by atoms with E-state index in [-0.39, 0.29) is 0 Å². The van der Waals surface area contributed by atoms with Crippen LogP contribution in [0.5, 0.6) is 0 Å². The molecule has 7 nitrogen and oxygen atoms in total. The first-order valence-corrected chi connectivity index (χ1v) is 9.48. The fourth-order valence-corrected chi connectivity index (χ4v) is 3.37. The normalized spacial score (nSPS) is 14.5. The van der Waals surface area contributed by atoms with Gasteiger partial charge in [0.05, 0.1) is 18.4 Å². The predicted molar refractivity (Wildman–Crippen MR) is 109 cm³/mol. The standard InChI is InChI=1S/C20H23ClN6O/c1-15-2-4-18(11-24-15)27(20(23)28)12-16-3-5-19(21)17(10-16)13-25-6-8-26(14-22)9-7-25/h2-5,10-11H,6-9,12-13H2,1H3,(H2,23,28). The molecular weight excluding hydrogens is 376 g/mol. The van der Waals surface area contributed by atoms with Crippen LogP contribution in [0, 0.1) is 18.4 Å². The summed E-state index contributed by atoms with van der Waals surface area (Å²) in [5, 5.41) is 9.66. The van der Waals surface area contributed by atoms with Crippen molar-refractivity contribution in [1.29, 1.82) is 5.26 Å². The topological polar surface area (TPSA) is 89.5 Å². The van der Waals surface area contributed by atoms with Crippen LogP contribution >= 0.6 is 11.6 Å². The maximum absolute atomic E-state index is 12.0. The molecule has 8 heteroatoms. The van der Waals surface area contributed by atoms with Crippen LogP contribution in [0.3, 0.4) is 0 Å². The Hall–Kier alpha value is -2.82. The number of anilines is 1. The Labute approximate surface area is 169 Å². The van der Waals surface area contributed by atoms with Gasteiger partial charge in [0.25, 0.3) is 0 Å².